The van der Waals surface area contributed by atoms with Crippen LogP contribution in [-0.2, 0) is 6.54 Å². The smallest absolute Gasteiger partial charge is 0.345 e. The van der Waals surface area contributed by atoms with Crippen LogP contribution in [0.15, 0.2) is 54.9 Å². The molecule has 3 aromatic carbocycles. The quantitative estimate of drug-likeness (QED) is 0.264. The summed E-state index contributed by atoms with van der Waals surface area (Å²) >= 11 is 0. The predicted molar refractivity (Wildman–Crippen MR) is 132 cm³/mol. The number of carbonyl (C=O) groups is 1. The maximum atomic E-state index is 12.7. The Morgan fingerprint density at radius 1 is 1.03 bits per heavy atom. The molecule has 0 unspecified atom stereocenters. The number of nitrogens with zero attached hydrogens (tertiary/aromatic N) is 2. The molecule has 1 fully saturated rings. The zero-order chi connectivity index (χ0) is 24.1. The number of benzene rings is 3. The number of carbonyl (C=O) groups excluding carboxylic acids is 1. The highest BCUT2D eigenvalue weighted by molar-refractivity contribution is 6.12. The molecule has 0 spiro atoms. The van der Waals surface area contributed by atoms with Crippen LogP contribution in [0.4, 0.5) is 0 Å². The Morgan fingerprint density at radius 2 is 1.80 bits per heavy atom. The van der Waals surface area contributed by atoms with E-state index in [1.54, 1.807) is 38.6 Å². The van der Waals surface area contributed by atoms with E-state index in [1.165, 1.54) is 6.20 Å². The molecule has 35 heavy (non-hydrogen) atoms. The minimum absolute atomic E-state index is 0.117. The predicted octanol–water partition coefficient (Wildman–Crippen LogP) is 4.64. The maximum Gasteiger partial charge on any atom is 0.345 e. The molecule has 0 aliphatic carbocycles. The summed E-state index contributed by atoms with van der Waals surface area (Å²) in [4.78, 5) is 19.0. The average Bonchev–Trinajstić information content (AvgIpc) is 3.37. The maximum absolute atomic E-state index is 12.7. The highest BCUT2D eigenvalue weighted by atomic mass is 16.5. The molecule has 0 amide bonds. The van der Waals surface area contributed by atoms with Gasteiger partial charge in [-0.05, 0) is 88.5 Å². The Bertz CT molecular complexity index is 1450. The molecule has 1 aromatic heterocycles. The van der Waals surface area contributed by atoms with E-state index in [0.717, 1.165) is 58.6 Å². The lowest BCUT2D eigenvalue weighted by Gasteiger charge is -2.37. The van der Waals surface area contributed by atoms with E-state index < -0.39 is 12.1 Å². The first kappa shape index (κ1) is 21.8. The summed E-state index contributed by atoms with van der Waals surface area (Å²) in [5, 5.41) is 15.3. The summed E-state index contributed by atoms with van der Waals surface area (Å²) in [5.74, 6) is 1.21. The van der Waals surface area contributed by atoms with Crippen molar-refractivity contribution in [2.45, 2.75) is 31.5 Å². The van der Waals surface area contributed by atoms with Crippen LogP contribution in [0.5, 0.6) is 17.2 Å². The van der Waals surface area contributed by atoms with Gasteiger partial charge in [-0.25, -0.2) is 4.79 Å². The standard InChI is InChI=1S/C28H26N2O5/c1-33-24-12-20-19-11-17(35-28(32)16-5-3-9-29-14-16)7-8-18(19)26-22(21(20)13-25(24)34-2)15-30-10-4-6-23(30)27(26)31/h3,5,7-9,11-14,23,27,31H,4,6,10,15H2,1-2H3/t23-,27+/m0/s1. The third-order valence-electron chi connectivity index (χ3n) is 7.29. The molecule has 0 saturated carbocycles. The lowest BCUT2D eigenvalue weighted by molar-refractivity contribution is 0.0552. The highest BCUT2D eigenvalue weighted by Crippen LogP contribution is 2.47. The van der Waals surface area contributed by atoms with Crippen LogP contribution in [-0.4, -0.2) is 47.8 Å². The van der Waals surface area contributed by atoms with Crippen LogP contribution in [0, 0.1) is 0 Å². The van der Waals surface area contributed by atoms with Crippen molar-refractivity contribution >= 4 is 27.5 Å². The molecule has 0 bridgehead atoms. The molecule has 2 aliphatic heterocycles. The third kappa shape index (κ3) is 3.50. The number of hydrogen-bond donors (Lipinski definition) is 1. The SMILES string of the molecule is COc1cc2c3c(c4ccc(OC(=O)c5cccnc5)cc4c2cc1OC)[C@H](O)[C@@H]1CCCN1C3. The topological polar surface area (TPSA) is 81.1 Å². The fourth-order valence-corrected chi connectivity index (χ4v) is 5.66. The average molecular weight is 471 g/mol. The van der Waals surface area contributed by atoms with Gasteiger partial charge in [0, 0.05) is 25.0 Å². The van der Waals surface area contributed by atoms with E-state index in [4.69, 9.17) is 14.2 Å². The Balaban J connectivity index is 1.57. The number of rotatable bonds is 4. The van der Waals surface area contributed by atoms with Crippen molar-refractivity contribution in [2.75, 3.05) is 20.8 Å². The van der Waals surface area contributed by atoms with Crippen molar-refractivity contribution in [3.8, 4) is 17.2 Å². The van der Waals surface area contributed by atoms with Gasteiger partial charge in [0.2, 0.25) is 0 Å². The van der Waals surface area contributed by atoms with Crippen LogP contribution in [0.2, 0.25) is 0 Å². The van der Waals surface area contributed by atoms with E-state index in [2.05, 4.69) is 9.88 Å². The number of methoxy groups -OCH3 is 2. The van der Waals surface area contributed by atoms with Gasteiger partial charge in [0.05, 0.1) is 25.9 Å². The number of pyridine rings is 1. The van der Waals surface area contributed by atoms with E-state index >= 15 is 0 Å². The third-order valence-corrected chi connectivity index (χ3v) is 7.29. The molecule has 6 rings (SSSR count). The van der Waals surface area contributed by atoms with Crippen LogP contribution in [0.3, 0.4) is 0 Å². The summed E-state index contributed by atoms with van der Waals surface area (Å²) < 4.78 is 16.9. The molecule has 7 heteroatoms. The Hall–Kier alpha value is -3.68. The molecule has 1 N–H and O–H groups in total. The molecule has 7 nitrogen and oxygen atoms in total. The largest absolute Gasteiger partial charge is 0.493 e. The van der Waals surface area contributed by atoms with Gasteiger partial charge in [-0.3, -0.25) is 9.88 Å². The number of esters is 1. The van der Waals surface area contributed by atoms with Crippen molar-refractivity contribution in [3.05, 3.63) is 71.5 Å². The monoisotopic (exact) mass is 470 g/mol. The van der Waals surface area contributed by atoms with Gasteiger partial charge in [0.1, 0.15) is 5.75 Å². The van der Waals surface area contributed by atoms with Crippen molar-refractivity contribution in [3.63, 3.8) is 0 Å². The molecule has 2 aliphatic rings. The molecule has 0 radical (unpaired) electrons. The molecule has 4 aromatic rings. The van der Waals surface area contributed by atoms with Gasteiger partial charge >= 0.3 is 5.97 Å². The fourth-order valence-electron chi connectivity index (χ4n) is 5.66. The van der Waals surface area contributed by atoms with Gasteiger partial charge in [-0.1, -0.05) is 6.07 Å². The first-order valence-electron chi connectivity index (χ1n) is 11.8. The van der Waals surface area contributed by atoms with Gasteiger partial charge in [0.25, 0.3) is 0 Å². The first-order valence-corrected chi connectivity index (χ1v) is 11.8. The summed E-state index contributed by atoms with van der Waals surface area (Å²) in [6, 6.07) is 13.0. The number of fused-ring (bicyclic) bond motifs is 7. The van der Waals surface area contributed by atoms with Crippen LogP contribution >= 0.6 is 0 Å². The minimum Gasteiger partial charge on any atom is -0.493 e. The zero-order valence-electron chi connectivity index (χ0n) is 19.7. The molecule has 3 heterocycles. The summed E-state index contributed by atoms with van der Waals surface area (Å²) in [6.07, 6.45) is 4.56. The lowest BCUT2D eigenvalue weighted by atomic mass is 9.83. The van der Waals surface area contributed by atoms with Crippen molar-refractivity contribution in [2.24, 2.45) is 0 Å². The fraction of sp³-hybridized carbons (Fsp3) is 0.286. The lowest BCUT2D eigenvalue weighted by Crippen LogP contribution is -2.39. The van der Waals surface area contributed by atoms with Gasteiger partial charge in [0.15, 0.2) is 11.5 Å². The van der Waals surface area contributed by atoms with Gasteiger partial charge in [-0.15, -0.1) is 0 Å². The van der Waals surface area contributed by atoms with E-state index in [-0.39, 0.29) is 6.04 Å². The van der Waals surface area contributed by atoms with Crippen LogP contribution in [0.25, 0.3) is 21.5 Å². The summed E-state index contributed by atoms with van der Waals surface area (Å²) in [6.45, 7) is 1.76. The Kier molecular flexibility index (Phi) is 5.31. The van der Waals surface area contributed by atoms with Gasteiger partial charge < -0.3 is 19.3 Å². The van der Waals surface area contributed by atoms with Crippen molar-refractivity contribution in [1.82, 2.24) is 9.88 Å². The van der Waals surface area contributed by atoms with E-state index in [0.29, 0.717) is 22.8 Å². The minimum atomic E-state index is -0.593. The first-order chi connectivity index (χ1) is 17.1. The van der Waals surface area contributed by atoms with Crippen molar-refractivity contribution < 1.29 is 24.1 Å². The number of aromatic nitrogens is 1. The van der Waals surface area contributed by atoms with E-state index in [1.807, 2.05) is 24.3 Å². The number of hydrogen-bond acceptors (Lipinski definition) is 7. The Labute approximate surface area is 202 Å². The van der Waals surface area contributed by atoms with Crippen LogP contribution < -0.4 is 14.2 Å². The molecule has 1 saturated heterocycles. The Morgan fingerprint density at radius 3 is 2.54 bits per heavy atom. The van der Waals surface area contributed by atoms with Crippen molar-refractivity contribution in [1.29, 1.82) is 0 Å². The summed E-state index contributed by atoms with van der Waals surface area (Å²) in [7, 11) is 3.24. The van der Waals surface area contributed by atoms with Gasteiger partial charge in [-0.2, -0.15) is 0 Å². The second kappa shape index (κ2) is 8.52. The van der Waals surface area contributed by atoms with E-state index in [9.17, 15) is 9.90 Å². The molecular weight excluding hydrogens is 444 g/mol. The summed E-state index contributed by atoms with van der Waals surface area (Å²) in [5.41, 5.74) is 2.44. The highest BCUT2D eigenvalue weighted by Gasteiger charge is 2.39. The molecule has 178 valence electrons. The second-order valence-electron chi connectivity index (χ2n) is 9.11. The molecular formula is C28H26N2O5. The normalized spacial score (nSPS) is 19.4. The number of aliphatic hydroxyl groups excluding tert-OH is 1. The second-order valence-corrected chi connectivity index (χ2v) is 9.11. The number of ether oxygens (including phenoxy) is 3. The van der Waals surface area contributed by atoms with Crippen LogP contribution in [0.1, 0.15) is 40.4 Å². The number of aliphatic hydroxyl groups is 1. The molecule has 2 atom stereocenters. The zero-order valence-corrected chi connectivity index (χ0v) is 19.7.